The van der Waals surface area contributed by atoms with Gasteiger partial charge >= 0.3 is 12.1 Å². The Bertz CT molecular complexity index is 786. The number of likely N-dealkylation sites (tertiary alicyclic amines) is 1. The zero-order chi connectivity index (χ0) is 22.1. The molecule has 1 fully saturated rings. The molecule has 0 aliphatic carbocycles. The topological polar surface area (TPSA) is 122 Å². The predicted molar refractivity (Wildman–Crippen MR) is 103 cm³/mol. The number of piperidine rings is 1. The quantitative estimate of drug-likeness (QED) is 0.618. The highest BCUT2D eigenvalue weighted by atomic mass is 19.1. The van der Waals surface area contributed by atoms with E-state index in [4.69, 9.17) is 14.6 Å². The first-order valence-electron chi connectivity index (χ1n) is 9.53. The van der Waals surface area contributed by atoms with E-state index in [1.807, 2.05) is 0 Å². The van der Waals surface area contributed by atoms with E-state index in [1.165, 1.54) is 12.0 Å². The Labute approximate surface area is 173 Å². The summed E-state index contributed by atoms with van der Waals surface area (Å²) >= 11 is 0. The Morgan fingerprint density at radius 2 is 2.07 bits per heavy atom. The van der Waals surface area contributed by atoms with Crippen LogP contribution in [0, 0.1) is 0 Å². The molecule has 0 radical (unpaired) electrons. The number of ether oxygens (including phenoxy) is 2. The molecule has 2 rings (SSSR count). The van der Waals surface area contributed by atoms with Crippen molar-refractivity contribution in [3.05, 3.63) is 29.8 Å². The van der Waals surface area contributed by atoms with Gasteiger partial charge in [0.05, 0.1) is 13.5 Å². The number of carbonyl (C=O) groups excluding carboxylic acids is 3. The van der Waals surface area contributed by atoms with Crippen molar-refractivity contribution in [2.75, 3.05) is 20.3 Å². The maximum atomic E-state index is 12.7. The number of carboxylic acids is 1. The van der Waals surface area contributed by atoms with Crippen LogP contribution in [0.5, 0.6) is 5.75 Å². The van der Waals surface area contributed by atoms with E-state index in [9.17, 15) is 23.6 Å². The Hall–Kier alpha value is -3.17. The third-order valence-corrected chi connectivity index (χ3v) is 4.75. The fourth-order valence-electron chi connectivity index (χ4n) is 3.19. The van der Waals surface area contributed by atoms with E-state index in [0.29, 0.717) is 30.6 Å². The number of nitrogens with zero attached hydrogens (tertiary/aromatic N) is 1. The lowest BCUT2D eigenvalue weighted by atomic mass is 10.0. The molecule has 10 heteroatoms. The van der Waals surface area contributed by atoms with Crippen molar-refractivity contribution in [3.8, 4) is 5.75 Å². The van der Waals surface area contributed by atoms with Gasteiger partial charge in [-0.15, -0.1) is 0 Å². The van der Waals surface area contributed by atoms with Crippen LogP contribution in [0.1, 0.15) is 31.2 Å². The van der Waals surface area contributed by atoms with E-state index in [-0.39, 0.29) is 13.2 Å². The molecular formula is C20H25FN2O7. The highest BCUT2D eigenvalue weighted by molar-refractivity contribution is 5.94. The number of Topliss-reactive ketones (excluding diaryl/α,β-unsaturated/α-hetero) is 1. The molecule has 0 bridgehead atoms. The number of halogens is 1. The number of ketones is 1. The molecule has 9 nitrogen and oxygen atoms in total. The van der Waals surface area contributed by atoms with Gasteiger partial charge in [0, 0.05) is 6.54 Å². The molecule has 1 aliphatic rings. The molecule has 0 aromatic heterocycles. The lowest BCUT2D eigenvalue weighted by Crippen LogP contribution is -2.55. The third-order valence-electron chi connectivity index (χ3n) is 4.75. The minimum absolute atomic E-state index is 0.0250. The smallest absolute Gasteiger partial charge is 0.410 e. The summed E-state index contributed by atoms with van der Waals surface area (Å²) in [5.74, 6) is -2.48. The number of alkyl halides is 1. The molecular weight excluding hydrogens is 399 g/mol. The molecule has 2 amide bonds. The van der Waals surface area contributed by atoms with Crippen LogP contribution in [0.15, 0.2) is 24.3 Å². The number of hydrogen-bond acceptors (Lipinski definition) is 6. The number of nitrogens with one attached hydrogen (secondary N) is 1. The second-order valence-corrected chi connectivity index (χ2v) is 6.87. The predicted octanol–water partition coefficient (Wildman–Crippen LogP) is 1.68. The normalized spacial score (nSPS) is 17.0. The van der Waals surface area contributed by atoms with Gasteiger partial charge in [-0.05, 0) is 37.0 Å². The van der Waals surface area contributed by atoms with E-state index < -0.39 is 48.9 Å². The number of carbonyl (C=O) groups is 4. The summed E-state index contributed by atoms with van der Waals surface area (Å²) in [5.41, 5.74) is 0.704. The van der Waals surface area contributed by atoms with Gasteiger partial charge in [0.15, 0.2) is 5.78 Å². The number of benzene rings is 1. The summed E-state index contributed by atoms with van der Waals surface area (Å²) in [5, 5.41) is 11.2. The molecule has 0 spiro atoms. The lowest BCUT2D eigenvalue weighted by molar-refractivity contribution is -0.140. The summed E-state index contributed by atoms with van der Waals surface area (Å²) in [6.45, 7) is -1.15. The molecule has 30 heavy (non-hydrogen) atoms. The fraction of sp³-hybridized carbons (Fsp3) is 0.500. The molecule has 2 atom stereocenters. The van der Waals surface area contributed by atoms with Gasteiger partial charge in [-0.25, -0.2) is 9.18 Å². The van der Waals surface area contributed by atoms with Crippen LogP contribution in [0.2, 0.25) is 0 Å². The van der Waals surface area contributed by atoms with Gasteiger partial charge in [0.25, 0.3) is 0 Å². The second kappa shape index (κ2) is 11.1. The average molecular weight is 424 g/mol. The van der Waals surface area contributed by atoms with Crippen molar-refractivity contribution in [1.82, 2.24) is 10.2 Å². The van der Waals surface area contributed by atoms with Crippen molar-refractivity contribution in [2.24, 2.45) is 0 Å². The number of amides is 2. The first kappa shape index (κ1) is 23.1. The number of hydrogen-bond donors (Lipinski definition) is 2. The van der Waals surface area contributed by atoms with E-state index in [1.54, 1.807) is 24.3 Å². The zero-order valence-electron chi connectivity index (χ0n) is 16.6. The molecule has 164 valence electrons. The number of aliphatic carboxylic acids is 1. The van der Waals surface area contributed by atoms with Crippen LogP contribution in [0.4, 0.5) is 9.18 Å². The van der Waals surface area contributed by atoms with E-state index in [0.717, 1.165) is 0 Å². The third kappa shape index (κ3) is 6.43. The highest BCUT2D eigenvalue weighted by Crippen LogP contribution is 2.20. The van der Waals surface area contributed by atoms with Crippen LogP contribution in [-0.4, -0.2) is 66.2 Å². The van der Waals surface area contributed by atoms with Gasteiger partial charge in [-0.3, -0.25) is 19.3 Å². The molecule has 2 unspecified atom stereocenters. The standard InChI is InChI=1S/C20H25FN2O7/c1-29-14-6-4-5-13(9-14)12-30-20(28)23-8-3-2-7-16(23)19(27)22-15(10-18(25)26)17(24)11-21/h4-6,9,15-16H,2-3,7-8,10-12H2,1H3,(H,22,27)(H,25,26). The molecule has 1 saturated heterocycles. The van der Waals surface area contributed by atoms with Crippen LogP contribution >= 0.6 is 0 Å². The highest BCUT2D eigenvalue weighted by Gasteiger charge is 2.35. The monoisotopic (exact) mass is 424 g/mol. The number of methoxy groups -OCH3 is 1. The van der Waals surface area contributed by atoms with Gasteiger partial charge < -0.3 is 19.9 Å². The summed E-state index contributed by atoms with van der Waals surface area (Å²) in [4.78, 5) is 49.0. The Balaban J connectivity index is 2.03. The van der Waals surface area contributed by atoms with Crippen molar-refractivity contribution in [1.29, 1.82) is 0 Å². The van der Waals surface area contributed by atoms with Crippen molar-refractivity contribution in [2.45, 2.75) is 44.4 Å². The minimum atomic E-state index is -1.49. The lowest BCUT2D eigenvalue weighted by Gasteiger charge is -2.34. The molecule has 0 saturated carbocycles. The van der Waals surface area contributed by atoms with Crippen molar-refractivity contribution in [3.63, 3.8) is 0 Å². The zero-order valence-corrected chi connectivity index (χ0v) is 16.6. The van der Waals surface area contributed by atoms with Crippen molar-refractivity contribution < 1.29 is 38.1 Å². The maximum Gasteiger partial charge on any atom is 0.410 e. The van der Waals surface area contributed by atoms with E-state index >= 15 is 0 Å². The Morgan fingerprint density at radius 1 is 1.30 bits per heavy atom. The van der Waals surface area contributed by atoms with Gasteiger partial charge in [-0.2, -0.15) is 0 Å². The Kier molecular flexibility index (Phi) is 8.57. The van der Waals surface area contributed by atoms with E-state index in [2.05, 4.69) is 5.32 Å². The summed E-state index contributed by atoms with van der Waals surface area (Å²) in [6, 6.07) is 4.56. The molecule has 2 N–H and O–H groups in total. The van der Waals surface area contributed by atoms with Crippen LogP contribution < -0.4 is 10.1 Å². The summed E-state index contributed by atoms with van der Waals surface area (Å²) in [6.07, 6.45) is 0.216. The van der Waals surface area contributed by atoms with Crippen molar-refractivity contribution >= 4 is 23.8 Å². The van der Waals surface area contributed by atoms with Gasteiger partial charge in [0.1, 0.15) is 31.1 Å². The Morgan fingerprint density at radius 3 is 2.73 bits per heavy atom. The van der Waals surface area contributed by atoms with Crippen LogP contribution in [0.3, 0.4) is 0 Å². The van der Waals surface area contributed by atoms with Gasteiger partial charge in [-0.1, -0.05) is 12.1 Å². The largest absolute Gasteiger partial charge is 0.497 e. The van der Waals surface area contributed by atoms with Crippen LogP contribution in [0.25, 0.3) is 0 Å². The minimum Gasteiger partial charge on any atom is -0.497 e. The summed E-state index contributed by atoms with van der Waals surface area (Å²) < 4.78 is 23.1. The summed E-state index contributed by atoms with van der Waals surface area (Å²) in [7, 11) is 1.52. The SMILES string of the molecule is COc1cccc(COC(=O)N2CCCCC2C(=O)NC(CC(=O)O)C(=O)CF)c1. The molecule has 1 aromatic rings. The first-order chi connectivity index (χ1) is 14.3. The molecule has 1 aliphatic heterocycles. The average Bonchev–Trinajstić information content (AvgIpc) is 2.76. The second-order valence-electron chi connectivity index (χ2n) is 6.87. The van der Waals surface area contributed by atoms with Crippen LogP contribution in [-0.2, 0) is 25.7 Å². The number of rotatable bonds is 9. The maximum absolute atomic E-state index is 12.7. The number of carboxylic acid groups (broad SMARTS) is 1. The molecule has 1 heterocycles. The van der Waals surface area contributed by atoms with Gasteiger partial charge in [0.2, 0.25) is 5.91 Å². The molecule has 1 aromatic carbocycles. The fourth-order valence-corrected chi connectivity index (χ4v) is 3.19. The first-order valence-corrected chi connectivity index (χ1v) is 9.53.